The fraction of sp³-hybridized carbons (Fsp3) is 0.118. The Kier molecular flexibility index (Phi) is 5.51. The zero-order chi connectivity index (χ0) is 17.5. The molecule has 2 amide bonds. The van der Waals surface area contributed by atoms with Crippen molar-refractivity contribution in [2.75, 3.05) is 10.6 Å². The summed E-state index contributed by atoms with van der Waals surface area (Å²) in [6.45, 7) is 1.01. The molecule has 0 heterocycles. The molecule has 0 bridgehead atoms. The fourth-order valence-corrected chi connectivity index (χ4v) is 2.06. The van der Waals surface area contributed by atoms with E-state index in [-0.39, 0.29) is 35.1 Å². The van der Waals surface area contributed by atoms with E-state index in [2.05, 4.69) is 10.6 Å². The van der Waals surface area contributed by atoms with Gasteiger partial charge in [0.1, 0.15) is 12.4 Å². The number of amides is 2. The van der Waals surface area contributed by atoms with Crippen LogP contribution in [-0.2, 0) is 16.1 Å². The maximum Gasteiger partial charge on any atom is 0.411 e. The molecule has 124 valence electrons. The Bertz CT molecular complexity index is 759. The first-order chi connectivity index (χ1) is 11.5. The van der Waals surface area contributed by atoms with Crippen LogP contribution >= 0.6 is 0 Å². The second-order valence-corrected chi connectivity index (χ2v) is 4.89. The van der Waals surface area contributed by atoms with E-state index in [1.807, 2.05) is 0 Å². The number of carbonyl (C=O) groups is 3. The van der Waals surface area contributed by atoms with Crippen LogP contribution in [0, 0.1) is 0 Å². The van der Waals surface area contributed by atoms with Crippen molar-refractivity contribution < 1.29 is 24.2 Å². The molecule has 0 saturated heterocycles. The highest BCUT2D eigenvalue weighted by atomic mass is 16.5. The third-order valence-electron chi connectivity index (χ3n) is 3.13. The van der Waals surface area contributed by atoms with Crippen molar-refractivity contribution in [3.8, 4) is 5.75 Å². The van der Waals surface area contributed by atoms with Gasteiger partial charge in [-0.2, -0.15) is 0 Å². The van der Waals surface area contributed by atoms with E-state index in [1.165, 1.54) is 19.1 Å². The van der Waals surface area contributed by atoms with E-state index >= 15 is 0 Å². The predicted octanol–water partition coefficient (Wildman–Crippen LogP) is 2.91. The maximum absolute atomic E-state index is 11.8. The van der Waals surface area contributed by atoms with Crippen LogP contribution in [0.25, 0.3) is 0 Å². The summed E-state index contributed by atoms with van der Waals surface area (Å²) >= 11 is 0. The Balaban J connectivity index is 2.15. The molecule has 0 spiro atoms. The molecule has 0 aromatic heterocycles. The van der Waals surface area contributed by atoms with Gasteiger partial charge >= 0.3 is 6.09 Å². The van der Waals surface area contributed by atoms with E-state index in [1.54, 1.807) is 30.3 Å². The predicted molar refractivity (Wildman–Crippen MR) is 88.0 cm³/mol. The second kappa shape index (κ2) is 7.77. The van der Waals surface area contributed by atoms with Gasteiger partial charge in [0.2, 0.25) is 5.91 Å². The van der Waals surface area contributed by atoms with Gasteiger partial charge < -0.3 is 15.2 Å². The molecule has 7 heteroatoms. The number of anilines is 2. The van der Waals surface area contributed by atoms with E-state index in [9.17, 15) is 19.5 Å². The van der Waals surface area contributed by atoms with Crippen LogP contribution in [0.15, 0.2) is 42.5 Å². The van der Waals surface area contributed by atoms with Crippen LogP contribution in [0.5, 0.6) is 5.75 Å². The van der Waals surface area contributed by atoms with E-state index in [0.717, 1.165) is 0 Å². The maximum atomic E-state index is 11.8. The quantitative estimate of drug-likeness (QED) is 0.578. The van der Waals surface area contributed by atoms with Crippen molar-refractivity contribution in [3.63, 3.8) is 0 Å². The fourth-order valence-electron chi connectivity index (χ4n) is 2.06. The first-order valence-electron chi connectivity index (χ1n) is 7.07. The topological polar surface area (TPSA) is 105 Å². The van der Waals surface area contributed by atoms with Gasteiger partial charge in [0.15, 0.2) is 6.29 Å². The molecule has 2 aromatic carbocycles. The molecule has 0 fully saturated rings. The molecule has 0 unspecified atom stereocenters. The van der Waals surface area contributed by atoms with Crippen molar-refractivity contribution >= 4 is 29.7 Å². The number of hydrogen-bond acceptors (Lipinski definition) is 5. The molecule has 2 rings (SSSR count). The molecular formula is C17H16N2O5. The summed E-state index contributed by atoms with van der Waals surface area (Å²) in [4.78, 5) is 34.3. The number of ether oxygens (including phenoxy) is 1. The molecular weight excluding hydrogens is 312 g/mol. The number of aldehydes is 1. The number of phenols is 1. The minimum absolute atomic E-state index is 0.0474. The van der Waals surface area contributed by atoms with Gasteiger partial charge in [0.05, 0.1) is 5.56 Å². The number of rotatable bonds is 5. The van der Waals surface area contributed by atoms with Crippen LogP contribution in [0.4, 0.5) is 16.2 Å². The molecule has 7 nitrogen and oxygen atoms in total. The van der Waals surface area contributed by atoms with Crippen molar-refractivity contribution in [2.45, 2.75) is 13.5 Å². The third kappa shape index (κ3) is 4.33. The van der Waals surface area contributed by atoms with E-state index in [4.69, 9.17) is 4.74 Å². The van der Waals surface area contributed by atoms with Gasteiger partial charge in [-0.25, -0.2) is 4.79 Å². The van der Waals surface area contributed by atoms with Gasteiger partial charge in [0, 0.05) is 23.9 Å². The number of nitrogens with one attached hydrogen (secondary N) is 2. The Morgan fingerprint density at radius 2 is 1.83 bits per heavy atom. The van der Waals surface area contributed by atoms with Crippen LogP contribution < -0.4 is 10.6 Å². The summed E-state index contributed by atoms with van der Waals surface area (Å²) in [7, 11) is 0. The molecule has 0 aliphatic rings. The highest BCUT2D eigenvalue weighted by Gasteiger charge is 2.15. The Labute approximate surface area is 138 Å². The normalized spacial score (nSPS) is 9.88. The summed E-state index contributed by atoms with van der Waals surface area (Å²) < 4.78 is 5.08. The number of benzene rings is 2. The highest BCUT2D eigenvalue weighted by Crippen LogP contribution is 2.27. The first kappa shape index (κ1) is 17.0. The Hall–Kier alpha value is -3.35. The molecule has 2 aromatic rings. The van der Waals surface area contributed by atoms with Crippen molar-refractivity contribution in [3.05, 3.63) is 53.6 Å². The molecule has 0 radical (unpaired) electrons. The largest absolute Gasteiger partial charge is 0.507 e. The SMILES string of the molecule is CC(=O)Nc1ccc(O)c(C=O)c1COC(=O)Nc1ccccc1. The zero-order valence-electron chi connectivity index (χ0n) is 12.9. The summed E-state index contributed by atoms with van der Waals surface area (Å²) in [5.41, 5.74) is 1.00. The molecule has 24 heavy (non-hydrogen) atoms. The third-order valence-corrected chi connectivity index (χ3v) is 3.13. The minimum Gasteiger partial charge on any atom is -0.507 e. The Morgan fingerprint density at radius 3 is 2.46 bits per heavy atom. The van der Waals surface area contributed by atoms with Crippen LogP contribution in [0.1, 0.15) is 22.8 Å². The second-order valence-electron chi connectivity index (χ2n) is 4.89. The lowest BCUT2D eigenvalue weighted by Crippen LogP contribution is -2.16. The number of aromatic hydroxyl groups is 1. The number of para-hydroxylation sites is 1. The minimum atomic E-state index is -0.727. The monoisotopic (exact) mass is 328 g/mol. The molecule has 0 saturated carbocycles. The van der Waals surface area contributed by atoms with Gasteiger partial charge in [-0.1, -0.05) is 18.2 Å². The highest BCUT2D eigenvalue weighted by molar-refractivity contribution is 5.93. The number of phenolic OH excluding ortho intramolecular Hbond substituents is 1. The summed E-state index contributed by atoms with van der Waals surface area (Å²) in [6, 6.07) is 11.4. The van der Waals surface area contributed by atoms with Crippen molar-refractivity contribution in [1.82, 2.24) is 0 Å². The molecule has 3 N–H and O–H groups in total. The average molecular weight is 328 g/mol. The zero-order valence-corrected chi connectivity index (χ0v) is 12.9. The Morgan fingerprint density at radius 1 is 1.12 bits per heavy atom. The summed E-state index contributed by atoms with van der Waals surface area (Å²) in [5, 5.41) is 14.8. The summed E-state index contributed by atoms with van der Waals surface area (Å²) in [6.07, 6.45) is -0.288. The number of hydrogen-bond donors (Lipinski definition) is 3. The van der Waals surface area contributed by atoms with Crippen LogP contribution in [-0.4, -0.2) is 23.4 Å². The molecule has 0 aliphatic carbocycles. The van der Waals surface area contributed by atoms with Crippen molar-refractivity contribution in [1.29, 1.82) is 0 Å². The van der Waals surface area contributed by atoms with Gasteiger partial charge in [-0.3, -0.25) is 14.9 Å². The van der Waals surface area contributed by atoms with Gasteiger partial charge in [0.25, 0.3) is 0 Å². The standard InChI is InChI=1S/C17H16N2O5/c1-11(21)18-15-7-8-16(22)13(9-20)14(15)10-24-17(23)19-12-5-3-2-4-6-12/h2-9,22H,10H2,1H3,(H,18,21)(H,19,23). The first-order valence-corrected chi connectivity index (χ1v) is 7.07. The van der Waals surface area contributed by atoms with Gasteiger partial charge in [-0.15, -0.1) is 0 Å². The van der Waals surface area contributed by atoms with E-state index in [0.29, 0.717) is 12.0 Å². The van der Waals surface area contributed by atoms with Crippen LogP contribution in [0.3, 0.4) is 0 Å². The average Bonchev–Trinajstić information content (AvgIpc) is 2.55. The van der Waals surface area contributed by atoms with Gasteiger partial charge in [-0.05, 0) is 24.3 Å². The number of carbonyl (C=O) groups excluding carboxylic acids is 3. The molecule has 0 aliphatic heterocycles. The molecule has 0 atom stereocenters. The summed E-state index contributed by atoms with van der Waals surface area (Å²) in [5.74, 6) is -0.617. The van der Waals surface area contributed by atoms with Crippen LogP contribution in [0.2, 0.25) is 0 Å². The van der Waals surface area contributed by atoms with E-state index < -0.39 is 6.09 Å². The lowest BCUT2D eigenvalue weighted by atomic mass is 10.1. The van der Waals surface area contributed by atoms with Crippen molar-refractivity contribution in [2.24, 2.45) is 0 Å². The lowest BCUT2D eigenvalue weighted by Gasteiger charge is -2.14. The lowest BCUT2D eigenvalue weighted by molar-refractivity contribution is -0.114. The smallest absolute Gasteiger partial charge is 0.411 e.